The van der Waals surface area contributed by atoms with E-state index in [9.17, 15) is 0 Å². The van der Waals surface area contributed by atoms with Gasteiger partial charge in [0, 0.05) is 0 Å². The maximum absolute atomic E-state index is 2.46. The highest BCUT2D eigenvalue weighted by Gasteiger charge is 2.22. The van der Waals surface area contributed by atoms with Crippen LogP contribution in [-0.4, -0.2) is 0 Å². The molecule has 0 saturated carbocycles. The van der Waals surface area contributed by atoms with Crippen molar-refractivity contribution in [2.24, 2.45) is 5.41 Å². The molecule has 1 aromatic carbocycles. The van der Waals surface area contributed by atoms with E-state index in [0.717, 1.165) is 6.42 Å². The van der Waals surface area contributed by atoms with Gasteiger partial charge < -0.3 is 0 Å². The van der Waals surface area contributed by atoms with Gasteiger partial charge in [-0.3, -0.25) is 0 Å². The summed E-state index contributed by atoms with van der Waals surface area (Å²) in [5, 5.41) is 0. The Balaban J connectivity index is 2.29. The van der Waals surface area contributed by atoms with E-state index in [2.05, 4.69) is 51.1 Å². The Labute approximate surface area is 99.4 Å². The number of allylic oxidation sites excluding steroid dienone is 2. The van der Waals surface area contributed by atoms with Gasteiger partial charge in [0.05, 0.1) is 0 Å². The van der Waals surface area contributed by atoms with E-state index in [1.54, 1.807) is 5.57 Å². The minimum atomic E-state index is 0.505. The average molecular weight is 214 g/mol. The molecule has 0 bridgehead atoms. The topological polar surface area (TPSA) is 0 Å². The van der Waals surface area contributed by atoms with Gasteiger partial charge in [-0.05, 0) is 47.8 Å². The summed E-state index contributed by atoms with van der Waals surface area (Å²) in [7, 11) is 0. The summed E-state index contributed by atoms with van der Waals surface area (Å²) in [4.78, 5) is 0. The quantitative estimate of drug-likeness (QED) is 0.660. The maximum atomic E-state index is 2.46. The van der Waals surface area contributed by atoms with Crippen LogP contribution in [0, 0.1) is 5.41 Å². The third kappa shape index (κ3) is 2.37. The Morgan fingerprint density at radius 3 is 2.56 bits per heavy atom. The van der Waals surface area contributed by atoms with Crippen molar-refractivity contribution >= 4 is 5.57 Å². The van der Waals surface area contributed by atoms with E-state index >= 15 is 0 Å². The van der Waals surface area contributed by atoms with Gasteiger partial charge in [0.2, 0.25) is 0 Å². The highest BCUT2D eigenvalue weighted by Crippen LogP contribution is 2.38. The van der Waals surface area contributed by atoms with Crippen molar-refractivity contribution < 1.29 is 0 Å². The summed E-state index contributed by atoms with van der Waals surface area (Å²) in [6, 6.07) is 8.85. The first-order valence-corrected chi connectivity index (χ1v) is 6.40. The van der Waals surface area contributed by atoms with E-state index in [-0.39, 0.29) is 0 Å². The van der Waals surface area contributed by atoms with Crippen LogP contribution in [0.2, 0.25) is 0 Å². The fraction of sp³-hybridized carbons (Fsp3) is 0.500. The van der Waals surface area contributed by atoms with E-state index in [4.69, 9.17) is 0 Å². The zero-order valence-electron chi connectivity index (χ0n) is 10.7. The predicted molar refractivity (Wildman–Crippen MR) is 71.4 cm³/mol. The average Bonchev–Trinajstić information content (AvgIpc) is 2.29. The molecule has 0 saturated heterocycles. The monoisotopic (exact) mass is 214 g/mol. The Morgan fingerprint density at radius 2 is 1.94 bits per heavy atom. The van der Waals surface area contributed by atoms with Crippen LogP contribution in [-0.2, 0) is 6.42 Å². The fourth-order valence-electron chi connectivity index (χ4n) is 2.46. The van der Waals surface area contributed by atoms with Gasteiger partial charge >= 0.3 is 0 Å². The molecule has 0 aliphatic heterocycles. The third-order valence-corrected chi connectivity index (χ3v) is 3.72. The Hall–Kier alpha value is -1.04. The Morgan fingerprint density at radius 1 is 1.19 bits per heavy atom. The zero-order chi connectivity index (χ0) is 11.6. The van der Waals surface area contributed by atoms with Crippen LogP contribution in [0.5, 0.6) is 0 Å². The van der Waals surface area contributed by atoms with Crippen molar-refractivity contribution in [3.05, 3.63) is 41.5 Å². The van der Waals surface area contributed by atoms with Crippen LogP contribution in [0.4, 0.5) is 0 Å². The largest absolute Gasteiger partial charge is 0.0802 e. The summed E-state index contributed by atoms with van der Waals surface area (Å²) in [6.45, 7) is 6.98. The third-order valence-electron chi connectivity index (χ3n) is 3.72. The lowest BCUT2D eigenvalue weighted by Crippen LogP contribution is -2.14. The molecule has 1 aromatic rings. The Kier molecular flexibility index (Phi) is 3.18. The van der Waals surface area contributed by atoms with Crippen LogP contribution in [0.1, 0.15) is 51.2 Å². The van der Waals surface area contributed by atoms with Gasteiger partial charge in [0.1, 0.15) is 0 Å². The molecule has 1 aliphatic carbocycles. The number of rotatable bonds is 2. The molecule has 0 heteroatoms. The van der Waals surface area contributed by atoms with Crippen LogP contribution < -0.4 is 0 Å². The van der Waals surface area contributed by atoms with E-state index in [0.29, 0.717) is 5.41 Å². The summed E-state index contributed by atoms with van der Waals surface area (Å²) in [5.74, 6) is 0. The van der Waals surface area contributed by atoms with Gasteiger partial charge in [0.15, 0.2) is 0 Å². The molecule has 0 N–H and O–H groups in total. The minimum Gasteiger partial charge on any atom is -0.0802 e. The summed E-state index contributed by atoms with van der Waals surface area (Å²) < 4.78 is 0. The minimum absolute atomic E-state index is 0.505. The van der Waals surface area contributed by atoms with Crippen LogP contribution in [0.3, 0.4) is 0 Å². The number of hydrogen-bond donors (Lipinski definition) is 0. The molecule has 2 rings (SSSR count). The smallest absolute Gasteiger partial charge is 0.0196 e. The lowest BCUT2D eigenvalue weighted by atomic mass is 9.76. The number of benzene rings is 1. The van der Waals surface area contributed by atoms with E-state index in [1.807, 2.05) is 0 Å². The fourth-order valence-corrected chi connectivity index (χ4v) is 2.46. The first-order chi connectivity index (χ1) is 7.62. The van der Waals surface area contributed by atoms with Crippen LogP contribution in [0.25, 0.3) is 5.57 Å². The second-order valence-electron chi connectivity index (χ2n) is 5.61. The molecule has 0 heterocycles. The SMILES string of the molecule is CCc1ccccc1C1=CCC(C)(C)CC1. The Bertz CT molecular complexity index is 396. The molecule has 0 fully saturated rings. The van der Waals surface area contributed by atoms with E-state index < -0.39 is 0 Å². The second kappa shape index (κ2) is 4.45. The van der Waals surface area contributed by atoms with Crippen LogP contribution in [0.15, 0.2) is 30.3 Å². The molecule has 0 nitrogen and oxygen atoms in total. The van der Waals surface area contributed by atoms with Gasteiger partial charge in [-0.1, -0.05) is 51.1 Å². The van der Waals surface area contributed by atoms with Gasteiger partial charge in [-0.25, -0.2) is 0 Å². The molecule has 0 atom stereocenters. The lowest BCUT2D eigenvalue weighted by Gasteiger charge is -2.29. The maximum Gasteiger partial charge on any atom is -0.0196 e. The number of aryl methyl sites for hydroxylation is 1. The molecule has 0 spiro atoms. The van der Waals surface area contributed by atoms with E-state index in [1.165, 1.54) is 30.4 Å². The molecule has 0 amide bonds. The molecule has 86 valence electrons. The lowest BCUT2D eigenvalue weighted by molar-refractivity contribution is 0.335. The predicted octanol–water partition coefficient (Wildman–Crippen LogP) is 4.84. The van der Waals surface area contributed by atoms with Crippen molar-refractivity contribution in [3.63, 3.8) is 0 Å². The standard InChI is InChI=1S/C16H22/c1-4-13-7-5-6-8-15(13)14-9-11-16(2,3)12-10-14/h5-9H,4,10-12H2,1-3H3. The second-order valence-corrected chi connectivity index (χ2v) is 5.61. The zero-order valence-corrected chi connectivity index (χ0v) is 10.7. The molecular weight excluding hydrogens is 192 g/mol. The van der Waals surface area contributed by atoms with Gasteiger partial charge in [0.25, 0.3) is 0 Å². The normalized spacial score (nSPS) is 19.3. The molecule has 1 aliphatic rings. The van der Waals surface area contributed by atoms with Crippen LogP contribution >= 0.6 is 0 Å². The first kappa shape index (κ1) is 11.4. The van der Waals surface area contributed by atoms with Gasteiger partial charge in [-0.15, -0.1) is 0 Å². The van der Waals surface area contributed by atoms with Crippen molar-refractivity contribution in [3.8, 4) is 0 Å². The first-order valence-electron chi connectivity index (χ1n) is 6.40. The van der Waals surface area contributed by atoms with Crippen molar-refractivity contribution in [1.82, 2.24) is 0 Å². The van der Waals surface area contributed by atoms with Crippen molar-refractivity contribution in [2.45, 2.75) is 46.5 Å². The summed E-state index contributed by atoms with van der Waals surface area (Å²) in [6.07, 6.45) is 7.37. The van der Waals surface area contributed by atoms with Crippen molar-refractivity contribution in [1.29, 1.82) is 0 Å². The highest BCUT2D eigenvalue weighted by molar-refractivity contribution is 5.69. The molecule has 0 radical (unpaired) electrons. The molecular formula is C16H22. The molecule has 0 aromatic heterocycles. The number of hydrogen-bond acceptors (Lipinski definition) is 0. The highest BCUT2D eigenvalue weighted by atomic mass is 14.3. The molecule has 16 heavy (non-hydrogen) atoms. The summed E-state index contributed by atoms with van der Waals surface area (Å²) in [5.41, 5.74) is 5.05. The van der Waals surface area contributed by atoms with Crippen molar-refractivity contribution in [2.75, 3.05) is 0 Å². The summed E-state index contributed by atoms with van der Waals surface area (Å²) >= 11 is 0. The van der Waals surface area contributed by atoms with Gasteiger partial charge in [-0.2, -0.15) is 0 Å². The molecule has 0 unspecified atom stereocenters.